The first-order valence-corrected chi connectivity index (χ1v) is 5.93. The van der Waals surface area contributed by atoms with Crippen molar-refractivity contribution in [1.29, 1.82) is 0 Å². The third-order valence-electron chi connectivity index (χ3n) is 2.92. The van der Waals surface area contributed by atoms with Gasteiger partial charge in [-0.05, 0) is 30.2 Å². The Morgan fingerprint density at radius 1 is 1.11 bits per heavy atom. The zero-order valence-corrected chi connectivity index (χ0v) is 10.6. The molecule has 0 heterocycles. The van der Waals surface area contributed by atoms with Crippen LogP contribution in [0.4, 0.5) is 8.78 Å². The Bertz CT molecular complexity index is 552. The largest absolute Gasteiger partial charge is 0.496 e. The SMILES string of the molecule is COc1ccccc1C(N)Cc1cc(F)cc(F)c1. The fourth-order valence-corrected chi connectivity index (χ4v) is 2.07. The molecule has 100 valence electrons. The van der Waals surface area contributed by atoms with E-state index in [0.717, 1.165) is 11.6 Å². The molecule has 0 saturated heterocycles. The Kier molecular flexibility index (Phi) is 4.12. The van der Waals surface area contributed by atoms with E-state index in [1.165, 1.54) is 12.1 Å². The van der Waals surface area contributed by atoms with Gasteiger partial charge in [-0.1, -0.05) is 18.2 Å². The third kappa shape index (κ3) is 3.29. The Hall–Kier alpha value is -1.94. The molecule has 0 aliphatic carbocycles. The molecule has 0 spiro atoms. The van der Waals surface area contributed by atoms with Crippen molar-refractivity contribution >= 4 is 0 Å². The van der Waals surface area contributed by atoms with Crippen molar-refractivity contribution in [2.24, 2.45) is 5.73 Å². The average molecular weight is 263 g/mol. The summed E-state index contributed by atoms with van der Waals surface area (Å²) in [5.41, 5.74) is 7.42. The molecule has 1 atom stereocenters. The molecular weight excluding hydrogens is 248 g/mol. The lowest BCUT2D eigenvalue weighted by Crippen LogP contribution is -2.14. The first-order chi connectivity index (χ1) is 9.10. The van der Waals surface area contributed by atoms with Crippen LogP contribution in [0.5, 0.6) is 5.75 Å². The van der Waals surface area contributed by atoms with Crippen LogP contribution in [-0.4, -0.2) is 7.11 Å². The van der Waals surface area contributed by atoms with E-state index in [2.05, 4.69) is 0 Å². The van der Waals surface area contributed by atoms with Gasteiger partial charge in [0.05, 0.1) is 7.11 Å². The summed E-state index contributed by atoms with van der Waals surface area (Å²) in [6, 6.07) is 10.4. The minimum atomic E-state index is -0.595. The lowest BCUT2D eigenvalue weighted by Gasteiger charge is -2.15. The van der Waals surface area contributed by atoms with Crippen molar-refractivity contribution in [3.63, 3.8) is 0 Å². The number of hydrogen-bond acceptors (Lipinski definition) is 2. The van der Waals surface area contributed by atoms with Crippen molar-refractivity contribution < 1.29 is 13.5 Å². The zero-order chi connectivity index (χ0) is 13.8. The summed E-state index contributed by atoms with van der Waals surface area (Å²) in [6.07, 6.45) is 0.342. The minimum absolute atomic E-state index is 0.342. The monoisotopic (exact) mass is 263 g/mol. The molecule has 19 heavy (non-hydrogen) atoms. The number of halogens is 2. The van der Waals surface area contributed by atoms with Crippen LogP contribution < -0.4 is 10.5 Å². The topological polar surface area (TPSA) is 35.2 Å². The van der Waals surface area contributed by atoms with E-state index >= 15 is 0 Å². The van der Waals surface area contributed by atoms with Crippen LogP contribution in [0.15, 0.2) is 42.5 Å². The lowest BCUT2D eigenvalue weighted by molar-refractivity contribution is 0.405. The van der Waals surface area contributed by atoms with Crippen molar-refractivity contribution in [2.75, 3.05) is 7.11 Å². The fourth-order valence-electron chi connectivity index (χ4n) is 2.07. The predicted molar refractivity (Wildman–Crippen MR) is 70.0 cm³/mol. The molecule has 0 aliphatic rings. The molecule has 0 fully saturated rings. The van der Waals surface area contributed by atoms with Crippen LogP contribution in [-0.2, 0) is 6.42 Å². The Labute approximate surface area is 110 Å². The summed E-state index contributed by atoms with van der Waals surface area (Å²) in [6.45, 7) is 0. The van der Waals surface area contributed by atoms with Gasteiger partial charge in [-0.3, -0.25) is 0 Å². The van der Waals surface area contributed by atoms with Crippen LogP contribution >= 0.6 is 0 Å². The normalized spacial score (nSPS) is 12.2. The lowest BCUT2D eigenvalue weighted by atomic mass is 9.99. The number of ether oxygens (including phenoxy) is 1. The molecule has 1 unspecified atom stereocenters. The molecule has 0 aromatic heterocycles. The summed E-state index contributed by atoms with van der Waals surface area (Å²) >= 11 is 0. The third-order valence-corrected chi connectivity index (χ3v) is 2.92. The van der Waals surface area contributed by atoms with Gasteiger partial charge >= 0.3 is 0 Å². The Morgan fingerprint density at radius 2 is 1.74 bits per heavy atom. The van der Waals surface area contributed by atoms with Crippen LogP contribution in [0.2, 0.25) is 0 Å². The number of para-hydroxylation sites is 1. The van der Waals surface area contributed by atoms with E-state index in [1.54, 1.807) is 13.2 Å². The summed E-state index contributed by atoms with van der Waals surface area (Å²) in [7, 11) is 1.56. The Morgan fingerprint density at radius 3 is 2.37 bits per heavy atom. The van der Waals surface area contributed by atoms with Gasteiger partial charge in [-0.15, -0.1) is 0 Å². The number of hydrogen-bond donors (Lipinski definition) is 1. The molecule has 0 amide bonds. The molecule has 0 bridgehead atoms. The summed E-state index contributed by atoms with van der Waals surface area (Å²) < 4.78 is 31.5. The maximum Gasteiger partial charge on any atom is 0.126 e. The summed E-state index contributed by atoms with van der Waals surface area (Å²) in [5, 5.41) is 0. The molecule has 0 aliphatic heterocycles. The fraction of sp³-hybridized carbons (Fsp3) is 0.200. The number of benzene rings is 2. The maximum atomic E-state index is 13.1. The second-order valence-electron chi connectivity index (χ2n) is 4.33. The van der Waals surface area contributed by atoms with E-state index in [0.29, 0.717) is 17.7 Å². The summed E-state index contributed by atoms with van der Waals surface area (Å²) in [4.78, 5) is 0. The molecule has 0 saturated carbocycles. The highest BCUT2D eigenvalue weighted by atomic mass is 19.1. The maximum absolute atomic E-state index is 13.1. The quantitative estimate of drug-likeness (QED) is 0.919. The predicted octanol–water partition coefficient (Wildman–Crippen LogP) is 3.22. The van der Waals surface area contributed by atoms with Crippen LogP contribution in [0, 0.1) is 11.6 Å². The van der Waals surface area contributed by atoms with Gasteiger partial charge in [0.2, 0.25) is 0 Å². The van der Waals surface area contributed by atoms with Gasteiger partial charge in [0.1, 0.15) is 17.4 Å². The highest BCUT2D eigenvalue weighted by Crippen LogP contribution is 2.26. The van der Waals surface area contributed by atoms with E-state index < -0.39 is 11.6 Å². The van der Waals surface area contributed by atoms with Crippen molar-refractivity contribution in [2.45, 2.75) is 12.5 Å². The van der Waals surface area contributed by atoms with Crippen molar-refractivity contribution in [1.82, 2.24) is 0 Å². The number of nitrogens with two attached hydrogens (primary N) is 1. The molecule has 2 N–H and O–H groups in total. The molecule has 0 radical (unpaired) electrons. The second-order valence-corrected chi connectivity index (χ2v) is 4.33. The van der Waals surface area contributed by atoms with E-state index in [4.69, 9.17) is 10.5 Å². The van der Waals surface area contributed by atoms with Gasteiger partial charge < -0.3 is 10.5 Å². The van der Waals surface area contributed by atoms with Crippen LogP contribution in [0.25, 0.3) is 0 Å². The zero-order valence-electron chi connectivity index (χ0n) is 10.6. The van der Waals surface area contributed by atoms with Crippen molar-refractivity contribution in [3.8, 4) is 5.75 Å². The van der Waals surface area contributed by atoms with E-state index in [-0.39, 0.29) is 6.04 Å². The van der Waals surface area contributed by atoms with Crippen LogP contribution in [0.3, 0.4) is 0 Å². The molecule has 4 heteroatoms. The highest BCUT2D eigenvalue weighted by molar-refractivity contribution is 5.36. The number of rotatable bonds is 4. The first kappa shape index (κ1) is 13.5. The van der Waals surface area contributed by atoms with E-state index in [9.17, 15) is 8.78 Å². The van der Waals surface area contributed by atoms with Gasteiger partial charge in [0.15, 0.2) is 0 Å². The first-order valence-electron chi connectivity index (χ1n) is 5.93. The van der Waals surface area contributed by atoms with Gasteiger partial charge in [-0.2, -0.15) is 0 Å². The van der Waals surface area contributed by atoms with Crippen LogP contribution in [0.1, 0.15) is 17.2 Å². The molecular formula is C15H15F2NO. The minimum Gasteiger partial charge on any atom is -0.496 e. The van der Waals surface area contributed by atoms with Gasteiger partial charge in [0, 0.05) is 17.7 Å². The smallest absolute Gasteiger partial charge is 0.126 e. The van der Waals surface area contributed by atoms with Gasteiger partial charge in [-0.25, -0.2) is 8.78 Å². The Balaban J connectivity index is 2.22. The molecule has 2 nitrogen and oxygen atoms in total. The molecule has 2 rings (SSSR count). The highest BCUT2D eigenvalue weighted by Gasteiger charge is 2.13. The molecule has 2 aromatic rings. The number of methoxy groups -OCH3 is 1. The van der Waals surface area contributed by atoms with E-state index in [1.807, 2.05) is 18.2 Å². The average Bonchev–Trinajstić information content (AvgIpc) is 2.37. The molecule has 2 aromatic carbocycles. The van der Waals surface area contributed by atoms with Gasteiger partial charge in [0.25, 0.3) is 0 Å². The second kappa shape index (κ2) is 5.80. The standard InChI is InChI=1S/C15H15F2NO/c1-19-15-5-3-2-4-13(15)14(18)8-10-6-11(16)9-12(17)7-10/h2-7,9,14H,8,18H2,1H3. The van der Waals surface area contributed by atoms with Crippen molar-refractivity contribution in [3.05, 3.63) is 65.2 Å². The summed E-state index contributed by atoms with van der Waals surface area (Å²) in [5.74, 6) is -0.517.